The summed E-state index contributed by atoms with van der Waals surface area (Å²) in [6, 6.07) is 10.1. The van der Waals surface area contributed by atoms with E-state index in [9.17, 15) is 4.79 Å². The van der Waals surface area contributed by atoms with Gasteiger partial charge in [0.25, 0.3) is 0 Å². The molecule has 1 aliphatic carbocycles. The highest BCUT2D eigenvalue weighted by molar-refractivity contribution is 5.81. The van der Waals surface area contributed by atoms with Gasteiger partial charge in [-0.15, -0.1) is 0 Å². The van der Waals surface area contributed by atoms with Gasteiger partial charge in [-0.2, -0.15) is 0 Å². The maximum Gasteiger partial charge on any atom is 0.241 e. The molecule has 0 N–H and O–H groups in total. The van der Waals surface area contributed by atoms with Crippen LogP contribution in [0.3, 0.4) is 0 Å². The molecule has 0 heterocycles. The quantitative estimate of drug-likeness (QED) is 0.823. The fourth-order valence-electron chi connectivity index (χ4n) is 2.96. The van der Waals surface area contributed by atoms with Gasteiger partial charge in [0.15, 0.2) is 0 Å². The lowest BCUT2D eigenvalue weighted by Crippen LogP contribution is -2.39. The Morgan fingerprint density at radius 3 is 2.40 bits per heavy atom. The summed E-state index contributed by atoms with van der Waals surface area (Å²) in [4.78, 5) is 16.2. The molecule has 3 nitrogen and oxygen atoms in total. The molecule has 1 amide bonds. The summed E-state index contributed by atoms with van der Waals surface area (Å²) in [5, 5.41) is 0. The summed E-state index contributed by atoms with van der Waals surface area (Å²) in [7, 11) is 3.91. The van der Waals surface area contributed by atoms with Crippen LogP contribution in [-0.4, -0.2) is 38.0 Å². The largest absolute Gasteiger partial charge is 0.365 e. The van der Waals surface area contributed by atoms with Crippen LogP contribution in [0, 0.1) is 5.92 Å². The Bertz CT molecular complexity index is 412. The molecule has 0 unspecified atom stereocenters. The number of rotatable bonds is 5. The van der Waals surface area contributed by atoms with E-state index >= 15 is 0 Å². The third-order valence-corrected chi connectivity index (χ3v) is 4.25. The van der Waals surface area contributed by atoms with Crippen LogP contribution in [0.1, 0.15) is 32.1 Å². The van der Waals surface area contributed by atoms with Gasteiger partial charge in [0.2, 0.25) is 5.91 Å². The minimum atomic E-state index is 0.210. The van der Waals surface area contributed by atoms with E-state index in [1.807, 2.05) is 54.2 Å². The predicted octanol–water partition coefficient (Wildman–Crippen LogP) is 3.16. The standard InChI is InChI=1S/C17H26N2O/c1-18(16-11-7-4-8-12-16)14-17(20)19(2)13-15-9-5-3-6-10-15/h4,7-8,11-12,15H,3,5-6,9-10,13-14H2,1-2H3. The lowest BCUT2D eigenvalue weighted by Gasteiger charge is -2.28. The Kier molecular flexibility index (Phi) is 5.45. The second kappa shape index (κ2) is 7.32. The van der Waals surface area contributed by atoms with E-state index in [4.69, 9.17) is 0 Å². The van der Waals surface area contributed by atoms with Gasteiger partial charge >= 0.3 is 0 Å². The molecule has 20 heavy (non-hydrogen) atoms. The second-order valence-electron chi connectivity index (χ2n) is 5.97. The van der Waals surface area contributed by atoms with Crippen LogP contribution in [0.2, 0.25) is 0 Å². The minimum Gasteiger partial charge on any atom is -0.365 e. The number of anilines is 1. The fourth-order valence-corrected chi connectivity index (χ4v) is 2.96. The normalized spacial score (nSPS) is 15.9. The lowest BCUT2D eigenvalue weighted by molar-refractivity contribution is -0.129. The monoisotopic (exact) mass is 274 g/mol. The molecule has 0 aliphatic heterocycles. The van der Waals surface area contributed by atoms with Crippen LogP contribution in [-0.2, 0) is 4.79 Å². The molecule has 3 heteroatoms. The van der Waals surface area contributed by atoms with Crippen LogP contribution in [0.4, 0.5) is 5.69 Å². The molecule has 0 radical (unpaired) electrons. The van der Waals surface area contributed by atoms with Crippen LogP contribution in [0.15, 0.2) is 30.3 Å². The van der Waals surface area contributed by atoms with Gasteiger partial charge in [-0.3, -0.25) is 4.79 Å². The SMILES string of the molecule is CN(CC1CCCCC1)C(=O)CN(C)c1ccccc1. The van der Waals surface area contributed by atoms with Gasteiger partial charge in [0, 0.05) is 26.3 Å². The highest BCUT2D eigenvalue weighted by Crippen LogP contribution is 2.24. The number of carbonyl (C=O) groups excluding carboxylic acids is 1. The number of para-hydroxylation sites is 1. The van der Waals surface area contributed by atoms with Crippen LogP contribution in [0.25, 0.3) is 0 Å². The Hall–Kier alpha value is -1.51. The van der Waals surface area contributed by atoms with Crippen molar-refractivity contribution < 1.29 is 4.79 Å². The van der Waals surface area contributed by atoms with E-state index in [2.05, 4.69) is 0 Å². The Balaban J connectivity index is 1.81. The Morgan fingerprint density at radius 2 is 1.75 bits per heavy atom. The van der Waals surface area contributed by atoms with Gasteiger partial charge in [-0.25, -0.2) is 0 Å². The maximum atomic E-state index is 12.3. The summed E-state index contributed by atoms with van der Waals surface area (Å²) in [6.45, 7) is 1.37. The lowest BCUT2D eigenvalue weighted by atomic mass is 9.89. The maximum absolute atomic E-state index is 12.3. The van der Waals surface area contributed by atoms with Crippen molar-refractivity contribution in [3.8, 4) is 0 Å². The smallest absolute Gasteiger partial charge is 0.241 e. The molecule has 1 aromatic carbocycles. The second-order valence-corrected chi connectivity index (χ2v) is 5.97. The third kappa shape index (κ3) is 4.26. The first-order valence-corrected chi connectivity index (χ1v) is 7.67. The molecule has 2 rings (SSSR count). The van der Waals surface area contributed by atoms with Crippen molar-refractivity contribution >= 4 is 11.6 Å². The van der Waals surface area contributed by atoms with E-state index in [0.29, 0.717) is 12.5 Å². The zero-order chi connectivity index (χ0) is 14.4. The summed E-state index contributed by atoms with van der Waals surface area (Å²) >= 11 is 0. The zero-order valence-corrected chi connectivity index (χ0v) is 12.7. The summed E-state index contributed by atoms with van der Waals surface area (Å²) in [5.74, 6) is 0.918. The molecular weight excluding hydrogens is 248 g/mol. The molecule has 0 bridgehead atoms. The molecule has 1 fully saturated rings. The minimum absolute atomic E-state index is 0.210. The van der Waals surface area contributed by atoms with Gasteiger partial charge in [-0.1, -0.05) is 37.5 Å². The third-order valence-electron chi connectivity index (χ3n) is 4.25. The summed E-state index contributed by atoms with van der Waals surface area (Å²) in [5.41, 5.74) is 1.09. The van der Waals surface area contributed by atoms with Crippen LogP contribution < -0.4 is 4.90 Å². The van der Waals surface area contributed by atoms with Gasteiger partial charge in [0.1, 0.15) is 0 Å². The van der Waals surface area contributed by atoms with Crippen molar-refractivity contribution in [2.24, 2.45) is 5.92 Å². The molecule has 0 atom stereocenters. The first-order valence-electron chi connectivity index (χ1n) is 7.67. The fraction of sp³-hybridized carbons (Fsp3) is 0.588. The first-order chi connectivity index (χ1) is 9.66. The van der Waals surface area contributed by atoms with Gasteiger partial charge in [0.05, 0.1) is 6.54 Å². The van der Waals surface area contributed by atoms with Crippen molar-refractivity contribution in [3.63, 3.8) is 0 Å². The molecule has 1 aliphatic rings. The van der Waals surface area contributed by atoms with E-state index in [0.717, 1.165) is 12.2 Å². The molecule has 0 spiro atoms. The predicted molar refractivity (Wildman–Crippen MR) is 83.9 cm³/mol. The van der Waals surface area contributed by atoms with Crippen LogP contribution in [0.5, 0.6) is 0 Å². The van der Waals surface area contributed by atoms with Gasteiger partial charge < -0.3 is 9.80 Å². The van der Waals surface area contributed by atoms with Crippen molar-refractivity contribution in [2.45, 2.75) is 32.1 Å². The first kappa shape index (κ1) is 14.9. The molecular formula is C17H26N2O. The summed E-state index contributed by atoms with van der Waals surface area (Å²) in [6.07, 6.45) is 6.59. The summed E-state index contributed by atoms with van der Waals surface area (Å²) < 4.78 is 0. The van der Waals surface area contributed by atoms with Crippen molar-refractivity contribution in [1.82, 2.24) is 4.90 Å². The Morgan fingerprint density at radius 1 is 1.10 bits per heavy atom. The van der Waals surface area contributed by atoms with Gasteiger partial charge in [-0.05, 0) is 30.9 Å². The number of hydrogen-bond acceptors (Lipinski definition) is 2. The number of benzene rings is 1. The molecule has 1 aromatic rings. The average Bonchev–Trinajstić information content (AvgIpc) is 2.49. The van der Waals surface area contributed by atoms with Crippen molar-refractivity contribution in [1.29, 1.82) is 0 Å². The zero-order valence-electron chi connectivity index (χ0n) is 12.7. The molecule has 1 saturated carbocycles. The molecule has 0 aromatic heterocycles. The number of carbonyl (C=O) groups is 1. The van der Waals surface area contributed by atoms with Crippen LogP contribution >= 0.6 is 0 Å². The number of amides is 1. The number of hydrogen-bond donors (Lipinski definition) is 0. The van der Waals surface area contributed by atoms with Crippen molar-refractivity contribution in [2.75, 3.05) is 32.1 Å². The van der Waals surface area contributed by atoms with Crippen molar-refractivity contribution in [3.05, 3.63) is 30.3 Å². The molecule has 110 valence electrons. The number of likely N-dealkylation sites (N-methyl/N-ethyl adjacent to an activating group) is 2. The Labute approximate surface area is 122 Å². The number of nitrogens with zero attached hydrogens (tertiary/aromatic N) is 2. The topological polar surface area (TPSA) is 23.6 Å². The molecule has 0 saturated heterocycles. The highest BCUT2D eigenvalue weighted by Gasteiger charge is 2.19. The average molecular weight is 274 g/mol. The highest BCUT2D eigenvalue weighted by atomic mass is 16.2. The van der Waals surface area contributed by atoms with E-state index in [-0.39, 0.29) is 5.91 Å². The van der Waals surface area contributed by atoms with E-state index < -0.39 is 0 Å². The van der Waals surface area contributed by atoms with E-state index in [1.165, 1.54) is 32.1 Å². The van der Waals surface area contributed by atoms with E-state index in [1.54, 1.807) is 0 Å².